The van der Waals surface area contributed by atoms with Crippen molar-refractivity contribution in [2.75, 3.05) is 0 Å². The number of hydrogen-bond donors (Lipinski definition) is 0. The molecule has 0 heterocycles. The molecule has 0 aliphatic carbocycles. The molecule has 0 saturated heterocycles. The minimum atomic E-state index is -3.05. The van der Waals surface area contributed by atoms with Gasteiger partial charge in [-0.1, -0.05) is 0 Å². The SMILES string of the molecule is [Cl][RuH]([Cl])([Cl])[Cl]. The van der Waals surface area contributed by atoms with Crippen LogP contribution in [-0.2, 0) is 10.8 Å². The fourth-order valence-corrected chi connectivity index (χ4v) is 0. The van der Waals surface area contributed by atoms with Gasteiger partial charge in [0, 0.05) is 0 Å². The van der Waals surface area contributed by atoms with E-state index in [-0.39, 0.29) is 0 Å². The van der Waals surface area contributed by atoms with Crippen molar-refractivity contribution in [1.29, 1.82) is 0 Å². The van der Waals surface area contributed by atoms with Crippen LogP contribution in [0.1, 0.15) is 0 Å². The molecule has 0 aliphatic heterocycles. The van der Waals surface area contributed by atoms with E-state index >= 15 is 0 Å². The molecule has 0 N–H and O–H groups in total. The van der Waals surface area contributed by atoms with Crippen molar-refractivity contribution < 1.29 is 10.8 Å². The van der Waals surface area contributed by atoms with Crippen LogP contribution in [0.4, 0.5) is 0 Å². The van der Waals surface area contributed by atoms with Crippen molar-refractivity contribution in [2.24, 2.45) is 0 Å². The first kappa shape index (κ1) is 6.78. The molecule has 0 saturated carbocycles. The van der Waals surface area contributed by atoms with Crippen molar-refractivity contribution >= 4 is 38.8 Å². The Bertz CT molecular complexity index is 19.1. The number of halogens is 4. The molecule has 5 heavy (non-hydrogen) atoms. The van der Waals surface area contributed by atoms with Crippen molar-refractivity contribution in [1.82, 2.24) is 0 Å². The first-order valence-electron chi connectivity index (χ1n) is 0.571. The third-order valence-electron chi connectivity index (χ3n) is 0. The van der Waals surface area contributed by atoms with Gasteiger partial charge in [-0.15, -0.1) is 0 Å². The van der Waals surface area contributed by atoms with E-state index in [9.17, 15) is 0 Å². The van der Waals surface area contributed by atoms with Gasteiger partial charge in [-0.2, -0.15) is 0 Å². The molecule has 0 radical (unpaired) electrons. The Morgan fingerprint density at radius 3 is 0.800 bits per heavy atom. The summed E-state index contributed by atoms with van der Waals surface area (Å²) in [5, 5.41) is 0. The zero-order valence-corrected chi connectivity index (χ0v) is 6.77. The fourth-order valence-electron chi connectivity index (χ4n) is 0. The Kier molecular flexibility index (Phi) is 2.96. The van der Waals surface area contributed by atoms with Crippen molar-refractivity contribution in [3.63, 3.8) is 0 Å². The molecule has 37 valence electrons. The molecule has 0 amide bonds. The van der Waals surface area contributed by atoms with Crippen molar-refractivity contribution in [3.05, 3.63) is 0 Å². The summed E-state index contributed by atoms with van der Waals surface area (Å²) in [6.45, 7) is 0. The third kappa shape index (κ3) is 26.0. The van der Waals surface area contributed by atoms with E-state index in [1.807, 2.05) is 0 Å². The molecule has 0 spiro atoms. The summed E-state index contributed by atoms with van der Waals surface area (Å²) in [5.41, 5.74) is 0. The molecule has 0 rings (SSSR count). The van der Waals surface area contributed by atoms with E-state index in [2.05, 4.69) is 0 Å². The van der Waals surface area contributed by atoms with Crippen LogP contribution in [0.2, 0.25) is 0 Å². The molecule has 0 aliphatic rings. The van der Waals surface area contributed by atoms with Crippen LogP contribution in [0.15, 0.2) is 0 Å². The molecule has 0 bridgehead atoms. The first-order valence-corrected chi connectivity index (χ1v) is 10.1. The summed E-state index contributed by atoms with van der Waals surface area (Å²) >= 11 is 0. The van der Waals surface area contributed by atoms with E-state index in [0.29, 0.717) is 0 Å². The van der Waals surface area contributed by atoms with Gasteiger partial charge in [0.2, 0.25) is 0 Å². The van der Waals surface area contributed by atoms with Gasteiger partial charge in [0.1, 0.15) is 0 Å². The van der Waals surface area contributed by atoms with Gasteiger partial charge in [0.05, 0.1) is 0 Å². The zero-order valence-electron chi connectivity index (χ0n) is 1.89. The summed E-state index contributed by atoms with van der Waals surface area (Å²) in [5.74, 6) is 0. The molecular weight excluding hydrogens is 243 g/mol. The number of hydrogen-bond acceptors (Lipinski definition) is 0. The third-order valence-corrected chi connectivity index (χ3v) is 0. The molecule has 0 fully saturated rings. The van der Waals surface area contributed by atoms with Gasteiger partial charge in [-0.3, -0.25) is 0 Å². The molecular formula is HCl4Ru. The van der Waals surface area contributed by atoms with Crippen LogP contribution in [0.5, 0.6) is 0 Å². The van der Waals surface area contributed by atoms with Crippen LogP contribution in [0.3, 0.4) is 0 Å². The predicted molar refractivity (Wildman–Crippen MR) is 24.8 cm³/mol. The van der Waals surface area contributed by atoms with E-state index < -0.39 is 10.8 Å². The van der Waals surface area contributed by atoms with Crippen LogP contribution >= 0.6 is 38.8 Å². The molecule has 5 heteroatoms. The predicted octanol–water partition coefficient (Wildman–Crippen LogP) is 2.49. The molecule has 0 aromatic carbocycles. The summed E-state index contributed by atoms with van der Waals surface area (Å²) in [6.07, 6.45) is 0. The van der Waals surface area contributed by atoms with Crippen molar-refractivity contribution in [2.45, 2.75) is 0 Å². The van der Waals surface area contributed by atoms with Crippen molar-refractivity contribution in [3.8, 4) is 0 Å². The average Bonchev–Trinajstić information content (AvgIpc) is 0.722. The van der Waals surface area contributed by atoms with Gasteiger partial charge in [0.25, 0.3) is 0 Å². The average molecular weight is 244 g/mol. The van der Waals surface area contributed by atoms with Crippen LogP contribution in [0, 0.1) is 0 Å². The standard InChI is InChI=1S/4ClH.Ru.H/h4*1H;;/q;;;;+4;/p-4. The second-order valence-corrected chi connectivity index (χ2v) is 17.2. The Labute approximate surface area is 49.3 Å². The van der Waals surface area contributed by atoms with Gasteiger partial charge < -0.3 is 0 Å². The van der Waals surface area contributed by atoms with Crippen LogP contribution < -0.4 is 0 Å². The number of rotatable bonds is 0. The quantitative estimate of drug-likeness (QED) is 0.574. The molecule has 0 atom stereocenters. The van der Waals surface area contributed by atoms with E-state index in [1.54, 1.807) is 0 Å². The fraction of sp³-hybridized carbons (Fsp3) is 0. The Balaban J connectivity index is 3.02. The summed E-state index contributed by atoms with van der Waals surface area (Å²) in [7, 11) is 17.0. The van der Waals surface area contributed by atoms with Crippen LogP contribution in [-0.4, -0.2) is 0 Å². The van der Waals surface area contributed by atoms with Gasteiger partial charge >= 0.3 is 49.6 Å². The Morgan fingerprint density at radius 2 is 0.800 bits per heavy atom. The Morgan fingerprint density at radius 1 is 0.800 bits per heavy atom. The first-order chi connectivity index (χ1) is 2.00. The van der Waals surface area contributed by atoms with E-state index in [4.69, 9.17) is 38.8 Å². The summed E-state index contributed by atoms with van der Waals surface area (Å²) < 4.78 is 0. The summed E-state index contributed by atoms with van der Waals surface area (Å²) in [6, 6.07) is 0. The zero-order chi connectivity index (χ0) is 4.50. The second-order valence-electron chi connectivity index (χ2n) is 0.324. The normalized spacial score (nSPS) is 15.2. The topological polar surface area (TPSA) is 0 Å². The van der Waals surface area contributed by atoms with E-state index in [0.717, 1.165) is 0 Å². The summed E-state index contributed by atoms with van der Waals surface area (Å²) in [4.78, 5) is 0. The van der Waals surface area contributed by atoms with Gasteiger partial charge in [-0.25, -0.2) is 0 Å². The van der Waals surface area contributed by atoms with Gasteiger partial charge in [0.15, 0.2) is 0 Å². The van der Waals surface area contributed by atoms with Gasteiger partial charge in [-0.05, 0) is 0 Å². The molecule has 0 aromatic rings. The van der Waals surface area contributed by atoms with Crippen LogP contribution in [0.25, 0.3) is 0 Å². The second kappa shape index (κ2) is 2.18. The van der Waals surface area contributed by atoms with E-state index in [1.165, 1.54) is 0 Å². The maximum atomic E-state index is 5.01. The molecule has 0 nitrogen and oxygen atoms in total. The minimum absolute atomic E-state index is 3.05. The monoisotopic (exact) mass is 243 g/mol. The molecule has 0 aromatic heterocycles. The molecule has 0 unspecified atom stereocenters. The maximum absolute atomic E-state index is 5.01. The Hall–Kier alpha value is 1.78.